The predicted molar refractivity (Wildman–Crippen MR) is 65.6 cm³/mol. The molecule has 94 valence electrons. The van der Waals surface area contributed by atoms with Gasteiger partial charge in [-0.1, -0.05) is 29.8 Å². The minimum atomic E-state index is -0.137. The Labute approximate surface area is 102 Å². The first-order chi connectivity index (χ1) is 8.13. The summed E-state index contributed by atoms with van der Waals surface area (Å²) in [6.45, 7) is 4.14. The summed E-state index contributed by atoms with van der Waals surface area (Å²) in [6.07, 6.45) is 0. The van der Waals surface area contributed by atoms with E-state index in [1.807, 2.05) is 31.2 Å². The van der Waals surface area contributed by atoms with Crippen LogP contribution in [0.25, 0.3) is 0 Å². The molecule has 1 aromatic rings. The van der Waals surface area contributed by atoms with Gasteiger partial charge in [-0.25, -0.2) is 0 Å². The number of aryl methyl sites for hydroxylation is 1. The molecule has 0 saturated heterocycles. The largest absolute Gasteiger partial charge is 0.359 e. The highest BCUT2D eigenvalue weighted by Gasteiger charge is 2.12. The Balaban J connectivity index is 2.70. The third-order valence-corrected chi connectivity index (χ3v) is 2.31. The van der Waals surface area contributed by atoms with Gasteiger partial charge in [0.25, 0.3) is 0 Å². The first-order valence-corrected chi connectivity index (χ1v) is 5.54. The van der Waals surface area contributed by atoms with Crippen LogP contribution in [0.4, 0.5) is 0 Å². The summed E-state index contributed by atoms with van der Waals surface area (Å²) in [6, 6.07) is 7.86. The quantitative estimate of drug-likeness (QED) is 0.606. The van der Waals surface area contributed by atoms with Crippen molar-refractivity contribution in [3.8, 4) is 0 Å². The lowest BCUT2D eigenvalue weighted by Gasteiger charge is -2.18. The van der Waals surface area contributed by atoms with Crippen molar-refractivity contribution >= 4 is 5.91 Å². The Bertz CT molecular complexity index is 365. The number of ether oxygens (including phenoxy) is 2. The molecule has 1 N–H and O–H groups in total. The van der Waals surface area contributed by atoms with E-state index in [4.69, 9.17) is 9.47 Å². The summed E-state index contributed by atoms with van der Waals surface area (Å²) in [4.78, 5) is 11.1. The standard InChI is InChI=1S/C13H19NO3/c1-10-5-4-6-12(7-10)13(14-11(2)15)8-17-9-16-3/h4-7,13H,8-9H2,1-3H3,(H,14,15)/t13-/m1/s1. The number of methoxy groups -OCH3 is 1. The van der Waals surface area contributed by atoms with Gasteiger partial charge in [0, 0.05) is 14.0 Å². The number of benzene rings is 1. The van der Waals surface area contributed by atoms with Gasteiger partial charge in [0.2, 0.25) is 5.91 Å². The number of hydrogen-bond acceptors (Lipinski definition) is 3. The van der Waals surface area contributed by atoms with E-state index in [9.17, 15) is 4.79 Å². The molecule has 4 heteroatoms. The molecule has 1 rings (SSSR count). The molecule has 0 bridgehead atoms. The third-order valence-electron chi connectivity index (χ3n) is 2.31. The number of carbonyl (C=O) groups excluding carboxylic acids is 1. The molecule has 0 heterocycles. The molecule has 0 spiro atoms. The van der Waals surface area contributed by atoms with E-state index in [1.54, 1.807) is 7.11 Å². The summed E-state index contributed by atoms with van der Waals surface area (Å²) in [5.41, 5.74) is 2.20. The molecule has 0 aliphatic carbocycles. The highest BCUT2D eigenvalue weighted by molar-refractivity contribution is 5.73. The summed E-state index contributed by atoms with van der Waals surface area (Å²) < 4.78 is 10.1. The molecule has 4 nitrogen and oxygen atoms in total. The average molecular weight is 237 g/mol. The Morgan fingerprint density at radius 3 is 2.82 bits per heavy atom. The van der Waals surface area contributed by atoms with Gasteiger partial charge in [-0.2, -0.15) is 0 Å². The normalized spacial score (nSPS) is 12.2. The van der Waals surface area contributed by atoms with Crippen molar-refractivity contribution in [2.24, 2.45) is 0 Å². The molecule has 0 aromatic heterocycles. The van der Waals surface area contributed by atoms with E-state index in [-0.39, 0.29) is 18.7 Å². The van der Waals surface area contributed by atoms with Crippen LogP contribution in [0.15, 0.2) is 24.3 Å². The second-order valence-electron chi connectivity index (χ2n) is 3.94. The van der Waals surface area contributed by atoms with Crippen molar-refractivity contribution in [1.82, 2.24) is 5.32 Å². The molecule has 0 fully saturated rings. The van der Waals surface area contributed by atoms with Crippen molar-refractivity contribution in [1.29, 1.82) is 0 Å². The maximum atomic E-state index is 11.1. The van der Waals surface area contributed by atoms with Gasteiger partial charge in [-0.3, -0.25) is 4.79 Å². The fourth-order valence-corrected chi connectivity index (χ4v) is 1.60. The second kappa shape index (κ2) is 7.04. The van der Waals surface area contributed by atoms with E-state index in [2.05, 4.69) is 5.32 Å². The smallest absolute Gasteiger partial charge is 0.217 e. The molecular formula is C13H19NO3. The van der Waals surface area contributed by atoms with E-state index in [0.29, 0.717) is 6.61 Å². The van der Waals surface area contributed by atoms with Gasteiger partial charge >= 0.3 is 0 Å². The summed E-state index contributed by atoms with van der Waals surface area (Å²) in [5.74, 6) is -0.0717. The van der Waals surface area contributed by atoms with Crippen molar-refractivity contribution in [3.63, 3.8) is 0 Å². The minimum absolute atomic E-state index is 0.0717. The zero-order chi connectivity index (χ0) is 12.7. The first-order valence-electron chi connectivity index (χ1n) is 5.54. The Morgan fingerprint density at radius 1 is 1.47 bits per heavy atom. The summed E-state index contributed by atoms with van der Waals surface area (Å²) in [5, 5.41) is 2.86. The Kier molecular flexibility index (Phi) is 5.66. The van der Waals surface area contributed by atoms with Crippen LogP contribution in [0.2, 0.25) is 0 Å². The van der Waals surface area contributed by atoms with E-state index >= 15 is 0 Å². The van der Waals surface area contributed by atoms with Crippen LogP contribution in [0, 0.1) is 6.92 Å². The fourth-order valence-electron chi connectivity index (χ4n) is 1.60. The highest BCUT2D eigenvalue weighted by atomic mass is 16.7. The zero-order valence-electron chi connectivity index (χ0n) is 10.5. The van der Waals surface area contributed by atoms with Gasteiger partial charge in [0.05, 0.1) is 12.6 Å². The zero-order valence-corrected chi connectivity index (χ0v) is 10.5. The molecule has 0 aliphatic rings. The fraction of sp³-hybridized carbons (Fsp3) is 0.462. The first kappa shape index (κ1) is 13.7. The predicted octanol–water partition coefficient (Wildman–Crippen LogP) is 1.79. The van der Waals surface area contributed by atoms with Crippen molar-refractivity contribution in [2.45, 2.75) is 19.9 Å². The number of carbonyl (C=O) groups is 1. The van der Waals surface area contributed by atoms with Crippen LogP contribution in [0.5, 0.6) is 0 Å². The lowest BCUT2D eigenvalue weighted by Crippen LogP contribution is -2.29. The highest BCUT2D eigenvalue weighted by Crippen LogP contribution is 2.15. The average Bonchev–Trinajstić information content (AvgIpc) is 2.27. The molecule has 1 aromatic carbocycles. The molecule has 0 radical (unpaired) electrons. The van der Waals surface area contributed by atoms with Crippen molar-refractivity contribution in [3.05, 3.63) is 35.4 Å². The Hall–Kier alpha value is -1.39. The summed E-state index contributed by atoms with van der Waals surface area (Å²) in [7, 11) is 1.57. The van der Waals surface area contributed by atoms with E-state index in [0.717, 1.165) is 11.1 Å². The van der Waals surface area contributed by atoms with Gasteiger partial charge < -0.3 is 14.8 Å². The topological polar surface area (TPSA) is 47.6 Å². The van der Waals surface area contributed by atoms with Crippen LogP contribution >= 0.6 is 0 Å². The van der Waals surface area contributed by atoms with Crippen LogP contribution in [0.1, 0.15) is 24.1 Å². The molecule has 1 atom stereocenters. The second-order valence-corrected chi connectivity index (χ2v) is 3.94. The van der Waals surface area contributed by atoms with Crippen molar-refractivity contribution in [2.75, 3.05) is 20.5 Å². The monoisotopic (exact) mass is 237 g/mol. The van der Waals surface area contributed by atoms with Crippen molar-refractivity contribution < 1.29 is 14.3 Å². The number of amides is 1. The molecule has 0 aliphatic heterocycles. The lowest BCUT2D eigenvalue weighted by atomic mass is 10.1. The Morgan fingerprint density at radius 2 is 2.24 bits per heavy atom. The molecule has 0 saturated carbocycles. The maximum absolute atomic E-state index is 11.1. The lowest BCUT2D eigenvalue weighted by molar-refractivity contribution is -0.120. The molecular weight excluding hydrogens is 218 g/mol. The number of hydrogen-bond donors (Lipinski definition) is 1. The maximum Gasteiger partial charge on any atom is 0.217 e. The van der Waals surface area contributed by atoms with Crippen LogP contribution in [-0.2, 0) is 14.3 Å². The van der Waals surface area contributed by atoms with Gasteiger partial charge in [-0.15, -0.1) is 0 Å². The van der Waals surface area contributed by atoms with Gasteiger partial charge in [0.15, 0.2) is 0 Å². The van der Waals surface area contributed by atoms with E-state index < -0.39 is 0 Å². The van der Waals surface area contributed by atoms with Gasteiger partial charge in [-0.05, 0) is 12.5 Å². The van der Waals surface area contributed by atoms with Gasteiger partial charge in [0.1, 0.15) is 6.79 Å². The molecule has 0 unspecified atom stereocenters. The minimum Gasteiger partial charge on any atom is -0.359 e. The third kappa shape index (κ3) is 4.97. The number of rotatable bonds is 6. The molecule has 17 heavy (non-hydrogen) atoms. The van der Waals surface area contributed by atoms with Crippen LogP contribution in [-0.4, -0.2) is 26.4 Å². The van der Waals surface area contributed by atoms with E-state index in [1.165, 1.54) is 6.92 Å². The van der Waals surface area contributed by atoms with Crippen LogP contribution < -0.4 is 5.32 Å². The summed E-state index contributed by atoms with van der Waals surface area (Å²) >= 11 is 0. The molecule has 1 amide bonds. The van der Waals surface area contributed by atoms with Crippen LogP contribution in [0.3, 0.4) is 0 Å². The number of nitrogens with one attached hydrogen (secondary N) is 1. The SMILES string of the molecule is COCOC[C@@H](NC(C)=O)c1cccc(C)c1.